The third-order valence-corrected chi connectivity index (χ3v) is 4.39. The van der Waals surface area contributed by atoms with Crippen molar-refractivity contribution in [3.8, 4) is 0 Å². The molecule has 0 aliphatic carbocycles. The van der Waals surface area contributed by atoms with Crippen molar-refractivity contribution in [3.63, 3.8) is 0 Å². The summed E-state index contributed by atoms with van der Waals surface area (Å²) in [5.41, 5.74) is 0.817. The average Bonchev–Trinajstić information content (AvgIpc) is 3.08. The molecule has 0 fully saturated rings. The van der Waals surface area contributed by atoms with Crippen molar-refractivity contribution in [2.24, 2.45) is 0 Å². The first-order valence-electron chi connectivity index (χ1n) is 9.12. The average molecular weight is 433 g/mol. The Balaban J connectivity index is 1.83. The third-order valence-electron chi connectivity index (χ3n) is 4.11. The van der Waals surface area contributed by atoms with E-state index in [-0.39, 0.29) is 41.6 Å². The highest BCUT2D eigenvalue weighted by molar-refractivity contribution is 6.31. The number of para-hydroxylation sites is 1. The van der Waals surface area contributed by atoms with Crippen molar-refractivity contribution >= 4 is 51.7 Å². The zero-order valence-corrected chi connectivity index (χ0v) is 16.7. The van der Waals surface area contributed by atoms with Crippen LogP contribution >= 0.6 is 11.6 Å². The molecule has 1 aromatic heterocycles. The topological polar surface area (TPSA) is 97.6 Å². The van der Waals surface area contributed by atoms with Crippen LogP contribution < -0.4 is 10.6 Å². The van der Waals surface area contributed by atoms with Gasteiger partial charge in [0.25, 0.3) is 5.91 Å². The zero-order valence-electron chi connectivity index (χ0n) is 16.0. The molecule has 0 radical (unpaired) electrons. The van der Waals surface area contributed by atoms with Gasteiger partial charge in [-0.15, -0.1) is 0 Å². The quantitative estimate of drug-likeness (QED) is 0.524. The van der Waals surface area contributed by atoms with Crippen molar-refractivity contribution in [3.05, 3.63) is 59.1 Å². The number of benzene rings is 2. The van der Waals surface area contributed by atoms with Gasteiger partial charge < -0.3 is 19.8 Å². The predicted octanol–water partition coefficient (Wildman–Crippen LogP) is 4.76. The lowest BCUT2D eigenvalue weighted by Crippen LogP contribution is -2.18. The van der Waals surface area contributed by atoms with Crippen LogP contribution in [-0.2, 0) is 14.3 Å². The lowest BCUT2D eigenvalue weighted by Gasteiger charge is -2.08. The summed E-state index contributed by atoms with van der Waals surface area (Å²) in [4.78, 5) is 36.6. The fourth-order valence-corrected chi connectivity index (χ4v) is 2.92. The first-order valence-corrected chi connectivity index (χ1v) is 9.50. The molecule has 0 bridgehead atoms. The van der Waals surface area contributed by atoms with E-state index in [1.807, 2.05) is 0 Å². The van der Waals surface area contributed by atoms with Gasteiger partial charge in [-0.3, -0.25) is 14.4 Å². The van der Waals surface area contributed by atoms with Gasteiger partial charge in [0.15, 0.2) is 0 Å². The maximum atomic E-state index is 13.3. The number of furan rings is 1. The number of nitrogens with one attached hydrogen (secondary N) is 2. The minimum absolute atomic E-state index is 0.0922. The Morgan fingerprint density at radius 2 is 1.87 bits per heavy atom. The van der Waals surface area contributed by atoms with E-state index < -0.39 is 23.6 Å². The Hall–Kier alpha value is -3.39. The highest BCUT2D eigenvalue weighted by atomic mass is 35.5. The highest BCUT2D eigenvalue weighted by Crippen LogP contribution is 2.32. The number of hydrogen-bond acceptors (Lipinski definition) is 5. The molecule has 30 heavy (non-hydrogen) atoms. The number of rotatable bonds is 7. The summed E-state index contributed by atoms with van der Waals surface area (Å²) in [6, 6.07) is 10.5. The zero-order chi connectivity index (χ0) is 21.7. The molecule has 1 heterocycles. The number of anilines is 2. The summed E-state index contributed by atoms with van der Waals surface area (Å²) in [5, 5.41) is 5.56. The number of hydrogen-bond donors (Lipinski definition) is 2. The molecule has 0 atom stereocenters. The summed E-state index contributed by atoms with van der Waals surface area (Å²) in [6.45, 7) is 1.90. The Morgan fingerprint density at radius 1 is 1.10 bits per heavy atom. The highest BCUT2D eigenvalue weighted by Gasteiger charge is 2.23. The monoisotopic (exact) mass is 432 g/mol. The first kappa shape index (κ1) is 21.3. The third kappa shape index (κ3) is 4.96. The molecular weight excluding hydrogens is 415 g/mol. The van der Waals surface area contributed by atoms with Gasteiger partial charge in [-0.25, -0.2) is 4.39 Å². The number of halogens is 2. The van der Waals surface area contributed by atoms with E-state index in [1.54, 1.807) is 31.2 Å². The van der Waals surface area contributed by atoms with Crippen LogP contribution in [0.1, 0.15) is 30.3 Å². The van der Waals surface area contributed by atoms with Gasteiger partial charge in [-0.2, -0.15) is 0 Å². The molecule has 7 nitrogen and oxygen atoms in total. The molecule has 2 N–H and O–H groups in total. The fraction of sp³-hybridized carbons (Fsp3) is 0.190. The van der Waals surface area contributed by atoms with Crippen LogP contribution in [0.2, 0.25) is 5.02 Å². The van der Waals surface area contributed by atoms with Gasteiger partial charge in [0.1, 0.15) is 17.1 Å². The van der Waals surface area contributed by atoms with E-state index in [9.17, 15) is 18.8 Å². The molecule has 156 valence electrons. The maximum Gasteiger partial charge on any atom is 0.306 e. The van der Waals surface area contributed by atoms with Crippen molar-refractivity contribution < 1.29 is 27.9 Å². The first-order chi connectivity index (χ1) is 14.4. The van der Waals surface area contributed by atoms with Crippen LogP contribution in [0.5, 0.6) is 0 Å². The van der Waals surface area contributed by atoms with Crippen LogP contribution in [0, 0.1) is 5.82 Å². The Labute approximate surface area is 176 Å². The van der Waals surface area contributed by atoms with Crippen molar-refractivity contribution in [1.82, 2.24) is 0 Å². The van der Waals surface area contributed by atoms with Crippen LogP contribution in [0.3, 0.4) is 0 Å². The predicted molar refractivity (Wildman–Crippen MR) is 110 cm³/mol. The Morgan fingerprint density at radius 3 is 2.60 bits per heavy atom. The van der Waals surface area contributed by atoms with Crippen molar-refractivity contribution in [2.45, 2.75) is 19.8 Å². The van der Waals surface area contributed by atoms with E-state index in [0.29, 0.717) is 11.0 Å². The molecule has 0 aliphatic rings. The number of esters is 1. The van der Waals surface area contributed by atoms with E-state index in [0.717, 1.165) is 6.07 Å². The Kier molecular flexibility index (Phi) is 6.68. The molecule has 0 saturated carbocycles. The van der Waals surface area contributed by atoms with E-state index in [4.69, 9.17) is 20.8 Å². The normalized spacial score (nSPS) is 10.6. The van der Waals surface area contributed by atoms with Crippen LogP contribution in [0.25, 0.3) is 11.0 Å². The van der Waals surface area contributed by atoms with Gasteiger partial charge in [0.2, 0.25) is 11.7 Å². The molecule has 3 aromatic rings. The second-order valence-electron chi connectivity index (χ2n) is 6.24. The molecule has 0 unspecified atom stereocenters. The molecule has 9 heteroatoms. The number of ether oxygens (including phenoxy) is 1. The lowest BCUT2D eigenvalue weighted by molar-refractivity contribution is -0.144. The standard InChI is InChI=1S/C21H18ClFN2O5/c1-2-29-18(27)10-9-17(26)25-19-13-5-3-4-6-16(13)30-20(19)21(28)24-12-7-8-15(23)14(22)11-12/h3-8,11H,2,9-10H2,1H3,(H,24,28)(H,25,26). The van der Waals surface area contributed by atoms with Gasteiger partial charge >= 0.3 is 5.97 Å². The summed E-state index contributed by atoms with van der Waals surface area (Å²) in [5.74, 6) is -2.38. The molecule has 2 amide bonds. The second-order valence-corrected chi connectivity index (χ2v) is 6.65. The largest absolute Gasteiger partial charge is 0.466 e. The van der Waals surface area contributed by atoms with Gasteiger partial charge in [0, 0.05) is 17.5 Å². The summed E-state index contributed by atoms with van der Waals surface area (Å²) >= 11 is 5.75. The minimum atomic E-state index is -0.658. The second kappa shape index (κ2) is 9.41. The number of carbonyl (C=O) groups excluding carboxylic acids is 3. The smallest absolute Gasteiger partial charge is 0.306 e. The van der Waals surface area contributed by atoms with E-state index >= 15 is 0 Å². The summed E-state index contributed by atoms with van der Waals surface area (Å²) in [6.07, 6.45) is -0.210. The van der Waals surface area contributed by atoms with Crippen molar-refractivity contribution in [1.29, 1.82) is 0 Å². The fourth-order valence-electron chi connectivity index (χ4n) is 2.74. The van der Waals surface area contributed by atoms with Gasteiger partial charge in [-0.1, -0.05) is 23.7 Å². The number of amides is 2. The van der Waals surface area contributed by atoms with Gasteiger partial charge in [0.05, 0.1) is 18.1 Å². The summed E-state index contributed by atoms with van der Waals surface area (Å²) < 4.78 is 23.8. The maximum absolute atomic E-state index is 13.3. The summed E-state index contributed by atoms with van der Waals surface area (Å²) in [7, 11) is 0. The molecule has 2 aromatic carbocycles. The molecule has 3 rings (SSSR count). The molecule has 0 saturated heterocycles. The number of carbonyl (C=O) groups is 3. The molecular formula is C21H18ClFN2O5. The van der Waals surface area contributed by atoms with Crippen LogP contribution in [-0.4, -0.2) is 24.4 Å². The minimum Gasteiger partial charge on any atom is -0.466 e. The van der Waals surface area contributed by atoms with Gasteiger partial charge in [-0.05, 0) is 37.3 Å². The Bertz CT molecular complexity index is 1110. The van der Waals surface area contributed by atoms with Crippen LogP contribution in [0.15, 0.2) is 46.9 Å². The number of fused-ring (bicyclic) bond motifs is 1. The van der Waals surface area contributed by atoms with Crippen molar-refractivity contribution in [2.75, 3.05) is 17.2 Å². The van der Waals surface area contributed by atoms with Crippen LogP contribution in [0.4, 0.5) is 15.8 Å². The molecule has 0 spiro atoms. The SMILES string of the molecule is CCOC(=O)CCC(=O)Nc1c(C(=O)Nc2ccc(F)c(Cl)c2)oc2ccccc12. The molecule has 0 aliphatic heterocycles. The lowest BCUT2D eigenvalue weighted by atomic mass is 10.2. The van der Waals surface area contributed by atoms with E-state index in [1.165, 1.54) is 12.1 Å². The van der Waals surface area contributed by atoms with E-state index in [2.05, 4.69) is 10.6 Å².